The average molecular weight is 283 g/mol. The van der Waals surface area contributed by atoms with Crippen molar-refractivity contribution in [2.24, 2.45) is 0 Å². The van der Waals surface area contributed by atoms with Crippen molar-refractivity contribution < 1.29 is 14.5 Å². The Hall–Kier alpha value is -2.95. The highest BCUT2D eigenvalue weighted by atomic mass is 16.6. The van der Waals surface area contributed by atoms with Crippen molar-refractivity contribution in [1.29, 1.82) is 0 Å². The van der Waals surface area contributed by atoms with Crippen molar-refractivity contribution in [3.05, 3.63) is 81.5 Å². The summed E-state index contributed by atoms with van der Waals surface area (Å²) in [6.45, 7) is 1.88. The lowest BCUT2D eigenvalue weighted by Crippen LogP contribution is -2.09. The first-order valence-corrected chi connectivity index (χ1v) is 6.26. The van der Waals surface area contributed by atoms with Gasteiger partial charge in [-0.05, 0) is 25.1 Å². The van der Waals surface area contributed by atoms with Crippen LogP contribution in [0.25, 0.3) is 6.08 Å². The van der Waals surface area contributed by atoms with E-state index in [0.29, 0.717) is 11.1 Å². The number of nitrogens with zero attached hydrogens (tertiary/aromatic N) is 1. The lowest BCUT2D eigenvalue weighted by molar-refractivity contribution is -0.400. The molecule has 0 heterocycles. The zero-order chi connectivity index (χ0) is 15.2. The molecule has 0 radical (unpaired) electrons. The molecule has 0 bridgehead atoms. The standard InChI is InChI=1S/C16H13NO4/c1-12-5-4-7-14(11-12)16(18)21-15-8-3-2-6-13(15)9-10-17(19)20/h2-11H,1H3. The third-order valence-electron chi connectivity index (χ3n) is 2.75. The third-order valence-corrected chi connectivity index (χ3v) is 2.75. The van der Waals surface area contributed by atoms with Crippen LogP contribution in [0, 0.1) is 17.0 Å². The van der Waals surface area contributed by atoms with Gasteiger partial charge in [0.05, 0.1) is 10.5 Å². The molecule has 2 aromatic carbocycles. The van der Waals surface area contributed by atoms with Crippen molar-refractivity contribution in [3.63, 3.8) is 0 Å². The number of hydrogen-bond donors (Lipinski definition) is 0. The first kappa shape index (κ1) is 14.5. The number of aryl methyl sites for hydroxylation is 1. The quantitative estimate of drug-likeness (QED) is 0.373. The zero-order valence-electron chi connectivity index (χ0n) is 11.4. The van der Waals surface area contributed by atoms with Crippen molar-refractivity contribution >= 4 is 12.0 Å². The zero-order valence-corrected chi connectivity index (χ0v) is 11.4. The molecule has 0 N–H and O–H groups in total. The Balaban J connectivity index is 2.23. The van der Waals surface area contributed by atoms with Gasteiger partial charge in [0.2, 0.25) is 6.20 Å². The summed E-state index contributed by atoms with van der Waals surface area (Å²) in [5, 5.41) is 10.4. The monoisotopic (exact) mass is 283 g/mol. The molecule has 5 nitrogen and oxygen atoms in total. The minimum absolute atomic E-state index is 0.280. The van der Waals surface area contributed by atoms with Crippen LogP contribution < -0.4 is 4.74 Å². The van der Waals surface area contributed by atoms with Crippen molar-refractivity contribution in [2.45, 2.75) is 6.92 Å². The molecule has 106 valence electrons. The van der Waals surface area contributed by atoms with Crippen molar-refractivity contribution in [3.8, 4) is 5.75 Å². The van der Waals surface area contributed by atoms with E-state index in [0.717, 1.165) is 11.8 Å². The van der Waals surface area contributed by atoms with Gasteiger partial charge in [-0.2, -0.15) is 0 Å². The topological polar surface area (TPSA) is 69.4 Å². The molecular formula is C16H13NO4. The maximum Gasteiger partial charge on any atom is 0.343 e. The fourth-order valence-corrected chi connectivity index (χ4v) is 1.78. The van der Waals surface area contributed by atoms with E-state index in [1.807, 2.05) is 13.0 Å². The molecule has 0 aliphatic carbocycles. The number of carbonyl (C=O) groups excluding carboxylic acids is 1. The predicted octanol–water partition coefficient (Wildman–Crippen LogP) is 3.46. The first-order valence-electron chi connectivity index (χ1n) is 6.26. The molecule has 21 heavy (non-hydrogen) atoms. The van der Waals surface area contributed by atoms with Crippen LogP contribution in [0.4, 0.5) is 0 Å². The molecule has 0 saturated heterocycles. The van der Waals surface area contributed by atoms with E-state index in [4.69, 9.17) is 4.74 Å². The Morgan fingerprint density at radius 1 is 1.19 bits per heavy atom. The highest BCUT2D eigenvalue weighted by molar-refractivity contribution is 5.91. The molecule has 0 amide bonds. The third kappa shape index (κ3) is 4.01. The fourth-order valence-electron chi connectivity index (χ4n) is 1.78. The van der Waals surface area contributed by atoms with Crippen LogP contribution in [-0.2, 0) is 0 Å². The normalized spacial score (nSPS) is 10.5. The Bertz CT molecular complexity index is 707. The van der Waals surface area contributed by atoms with E-state index >= 15 is 0 Å². The minimum Gasteiger partial charge on any atom is -0.422 e. The summed E-state index contributed by atoms with van der Waals surface area (Å²) in [6.07, 6.45) is 2.10. The summed E-state index contributed by atoms with van der Waals surface area (Å²) in [6, 6.07) is 13.7. The highest BCUT2D eigenvalue weighted by Crippen LogP contribution is 2.21. The molecule has 5 heteroatoms. The number of ether oxygens (including phenoxy) is 1. The van der Waals surface area contributed by atoms with Crippen LogP contribution in [0.5, 0.6) is 5.75 Å². The van der Waals surface area contributed by atoms with Gasteiger partial charge < -0.3 is 4.74 Å². The average Bonchev–Trinajstić information content (AvgIpc) is 2.46. The molecule has 0 unspecified atom stereocenters. The lowest BCUT2D eigenvalue weighted by Gasteiger charge is -2.07. The van der Waals surface area contributed by atoms with Gasteiger partial charge in [-0.3, -0.25) is 10.1 Å². The van der Waals surface area contributed by atoms with Gasteiger partial charge in [-0.15, -0.1) is 0 Å². The molecule has 0 atom stereocenters. The Morgan fingerprint density at radius 2 is 1.95 bits per heavy atom. The number of carbonyl (C=O) groups is 1. The number of hydrogen-bond acceptors (Lipinski definition) is 4. The van der Waals surface area contributed by atoms with Gasteiger partial charge in [0.15, 0.2) is 0 Å². The van der Waals surface area contributed by atoms with Gasteiger partial charge in [0, 0.05) is 11.6 Å². The summed E-state index contributed by atoms with van der Waals surface area (Å²) in [4.78, 5) is 21.9. The maximum atomic E-state index is 12.1. The molecule has 0 aliphatic rings. The van der Waals surface area contributed by atoms with Crippen LogP contribution in [0.15, 0.2) is 54.7 Å². The lowest BCUT2D eigenvalue weighted by atomic mass is 10.1. The maximum absolute atomic E-state index is 12.1. The van der Waals surface area contributed by atoms with Gasteiger partial charge in [-0.1, -0.05) is 35.9 Å². The molecule has 2 rings (SSSR count). The fraction of sp³-hybridized carbons (Fsp3) is 0.0625. The van der Waals surface area contributed by atoms with Crippen LogP contribution in [0.3, 0.4) is 0 Å². The van der Waals surface area contributed by atoms with E-state index in [2.05, 4.69) is 0 Å². The SMILES string of the molecule is Cc1cccc(C(=O)Oc2ccccc2C=C[N+](=O)[O-])c1. The van der Waals surface area contributed by atoms with Gasteiger partial charge in [0.25, 0.3) is 0 Å². The largest absolute Gasteiger partial charge is 0.422 e. The molecule has 0 aliphatic heterocycles. The molecule has 0 aromatic heterocycles. The van der Waals surface area contributed by atoms with Gasteiger partial charge in [0.1, 0.15) is 5.75 Å². The number of benzene rings is 2. The Kier molecular flexibility index (Phi) is 4.46. The van der Waals surface area contributed by atoms with E-state index in [9.17, 15) is 14.9 Å². The van der Waals surface area contributed by atoms with E-state index in [1.54, 1.807) is 42.5 Å². The first-order chi connectivity index (χ1) is 10.1. The highest BCUT2D eigenvalue weighted by Gasteiger charge is 2.10. The van der Waals surface area contributed by atoms with Crippen LogP contribution >= 0.6 is 0 Å². The van der Waals surface area contributed by atoms with Crippen molar-refractivity contribution in [2.75, 3.05) is 0 Å². The summed E-state index contributed by atoms with van der Waals surface area (Å²) in [5.74, 6) is -0.220. The van der Waals surface area contributed by atoms with Crippen LogP contribution in [0.1, 0.15) is 21.5 Å². The van der Waals surface area contributed by atoms with Crippen LogP contribution in [0.2, 0.25) is 0 Å². The minimum atomic E-state index is -0.570. The molecule has 2 aromatic rings. The summed E-state index contributed by atoms with van der Waals surface area (Å²) in [5.41, 5.74) is 1.85. The second kappa shape index (κ2) is 6.47. The smallest absolute Gasteiger partial charge is 0.343 e. The Labute approximate surface area is 121 Å². The Morgan fingerprint density at radius 3 is 2.67 bits per heavy atom. The summed E-state index contributed by atoms with van der Waals surface area (Å²) >= 11 is 0. The molecule has 0 saturated carbocycles. The number of rotatable bonds is 4. The van der Waals surface area contributed by atoms with E-state index in [-0.39, 0.29) is 5.75 Å². The summed E-state index contributed by atoms with van der Waals surface area (Å²) in [7, 11) is 0. The second-order valence-electron chi connectivity index (χ2n) is 4.40. The number of nitro groups is 1. The molecule has 0 spiro atoms. The predicted molar refractivity (Wildman–Crippen MR) is 78.6 cm³/mol. The van der Waals surface area contributed by atoms with E-state index in [1.165, 1.54) is 6.08 Å². The molecular weight excluding hydrogens is 270 g/mol. The molecule has 0 fully saturated rings. The number of para-hydroxylation sites is 1. The summed E-state index contributed by atoms with van der Waals surface area (Å²) < 4.78 is 5.31. The van der Waals surface area contributed by atoms with Gasteiger partial charge in [-0.25, -0.2) is 4.79 Å². The second-order valence-corrected chi connectivity index (χ2v) is 4.40. The van der Waals surface area contributed by atoms with Gasteiger partial charge >= 0.3 is 5.97 Å². The van der Waals surface area contributed by atoms with Crippen LogP contribution in [-0.4, -0.2) is 10.9 Å². The van der Waals surface area contributed by atoms with E-state index < -0.39 is 10.9 Å². The van der Waals surface area contributed by atoms with Crippen molar-refractivity contribution in [1.82, 2.24) is 0 Å². The number of esters is 1.